The lowest BCUT2D eigenvalue weighted by molar-refractivity contribution is -0.0257. The van der Waals surface area contributed by atoms with Gasteiger partial charge < -0.3 is 10.2 Å². The van der Waals surface area contributed by atoms with Gasteiger partial charge >= 0.3 is 0 Å². The third-order valence-corrected chi connectivity index (χ3v) is 8.27. The normalized spacial score (nSPS) is 33.4. The van der Waals surface area contributed by atoms with Gasteiger partial charge in [0.15, 0.2) is 0 Å². The van der Waals surface area contributed by atoms with E-state index >= 15 is 0 Å². The van der Waals surface area contributed by atoms with Crippen molar-refractivity contribution < 1.29 is 10.2 Å². The van der Waals surface area contributed by atoms with E-state index in [-0.39, 0.29) is 0 Å². The Morgan fingerprint density at radius 1 is 0.714 bits per heavy atom. The number of phenols is 2. The van der Waals surface area contributed by atoms with Crippen LogP contribution >= 0.6 is 0 Å². The third kappa shape index (κ3) is 2.53. The predicted octanol–water partition coefficient (Wildman–Crippen LogP) is 6.19. The molecule has 0 spiro atoms. The summed E-state index contributed by atoms with van der Waals surface area (Å²) in [7, 11) is 0. The Kier molecular flexibility index (Phi) is 3.89. The van der Waals surface area contributed by atoms with Crippen LogP contribution in [0.2, 0.25) is 0 Å². The van der Waals surface area contributed by atoms with Crippen LogP contribution in [0.3, 0.4) is 0 Å². The smallest absolute Gasteiger partial charge is 0.121 e. The molecule has 4 aliphatic rings. The lowest BCUT2D eigenvalue weighted by atomic mass is 9.44. The van der Waals surface area contributed by atoms with E-state index in [0.717, 1.165) is 40.0 Å². The molecule has 4 saturated carbocycles. The van der Waals surface area contributed by atoms with Crippen LogP contribution in [0.1, 0.15) is 71.4 Å². The Morgan fingerprint density at radius 3 is 1.68 bits per heavy atom. The van der Waals surface area contributed by atoms with Crippen LogP contribution < -0.4 is 0 Å². The maximum atomic E-state index is 10.3. The number of aromatic hydroxyl groups is 2. The fraction of sp³-hybridized carbons (Fsp3) is 0.538. The topological polar surface area (TPSA) is 40.5 Å². The fourth-order valence-electron chi connectivity index (χ4n) is 7.37. The summed E-state index contributed by atoms with van der Waals surface area (Å²) < 4.78 is 0. The molecule has 148 valence electrons. The van der Waals surface area contributed by atoms with Crippen LogP contribution in [0, 0.1) is 45.4 Å². The van der Waals surface area contributed by atoms with Crippen molar-refractivity contribution in [2.75, 3.05) is 0 Å². The number of hydrogen-bond donors (Lipinski definition) is 2. The molecule has 4 bridgehead atoms. The second-order valence-electron chi connectivity index (χ2n) is 10.2. The van der Waals surface area contributed by atoms with E-state index in [1.54, 1.807) is 0 Å². The highest BCUT2D eigenvalue weighted by Gasteiger charge is 2.56. The zero-order valence-electron chi connectivity index (χ0n) is 17.5. The summed E-state index contributed by atoms with van der Waals surface area (Å²) in [5.41, 5.74) is 7.30. The van der Waals surface area contributed by atoms with Gasteiger partial charge in [-0.15, -0.1) is 0 Å². The Hall–Kier alpha value is -1.96. The molecule has 2 atom stereocenters. The average molecular weight is 377 g/mol. The number of aryl methyl sites for hydroxylation is 4. The molecule has 28 heavy (non-hydrogen) atoms. The van der Waals surface area contributed by atoms with Crippen molar-refractivity contribution in [3.05, 3.63) is 57.6 Å². The minimum atomic E-state index is 0.303. The standard InChI is InChI=1S/C26H32O2/c1-14-5-19(6-15(2)24(14)27)23-20-9-18-10-21(23)13-26(11-18,12-20)22-7-16(3)25(28)17(4)8-22/h5-8,18,20-21,23,27-28H,9-13H2,1-4H3. The fourth-order valence-corrected chi connectivity index (χ4v) is 7.37. The SMILES string of the molecule is Cc1cc(C2C3CC4CC2CC(c2cc(C)c(O)c(C)c2)(C4)C3)cc(C)c1O. The molecule has 2 unspecified atom stereocenters. The van der Waals surface area contributed by atoms with Crippen LogP contribution in [-0.2, 0) is 5.41 Å². The van der Waals surface area contributed by atoms with Gasteiger partial charge in [-0.05, 0) is 122 Å². The van der Waals surface area contributed by atoms with Gasteiger partial charge in [-0.3, -0.25) is 0 Å². The first-order valence-corrected chi connectivity index (χ1v) is 10.9. The average Bonchev–Trinajstić information content (AvgIpc) is 2.62. The van der Waals surface area contributed by atoms with Crippen LogP contribution in [0.15, 0.2) is 24.3 Å². The molecule has 2 aromatic rings. The van der Waals surface area contributed by atoms with Gasteiger partial charge in [0.05, 0.1) is 0 Å². The number of phenolic OH excluding ortho intramolecular Hbond substituents is 2. The molecule has 2 nitrogen and oxygen atoms in total. The van der Waals surface area contributed by atoms with E-state index < -0.39 is 0 Å². The molecule has 6 rings (SSSR count). The monoisotopic (exact) mass is 376 g/mol. The lowest BCUT2D eigenvalue weighted by Crippen LogP contribution is -2.52. The Morgan fingerprint density at radius 2 is 1.18 bits per heavy atom. The molecule has 0 aromatic heterocycles. The van der Waals surface area contributed by atoms with Gasteiger partial charge in [0, 0.05) is 0 Å². The molecular weight excluding hydrogens is 344 g/mol. The number of benzene rings is 2. The van der Waals surface area contributed by atoms with Crippen molar-refractivity contribution in [1.29, 1.82) is 0 Å². The molecule has 2 N–H and O–H groups in total. The summed E-state index contributed by atoms with van der Waals surface area (Å²) in [5.74, 6) is 3.89. The molecule has 0 aliphatic heterocycles. The highest BCUT2D eigenvalue weighted by atomic mass is 16.3. The molecule has 4 aliphatic carbocycles. The van der Waals surface area contributed by atoms with Gasteiger partial charge in [-0.2, -0.15) is 0 Å². The van der Waals surface area contributed by atoms with E-state index in [0.29, 0.717) is 22.8 Å². The van der Waals surface area contributed by atoms with Gasteiger partial charge in [-0.1, -0.05) is 24.3 Å². The summed E-state index contributed by atoms with van der Waals surface area (Å²) in [4.78, 5) is 0. The number of hydrogen-bond acceptors (Lipinski definition) is 2. The van der Waals surface area contributed by atoms with Gasteiger partial charge in [0.25, 0.3) is 0 Å². The van der Waals surface area contributed by atoms with Crippen LogP contribution in [0.5, 0.6) is 11.5 Å². The van der Waals surface area contributed by atoms with Crippen LogP contribution in [-0.4, -0.2) is 10.2 Å². The minimum absolute atomic E-state index is 0.303. The Balaban J connectivity index is 1.54. The van der Waals surface area contributed by atoms with Crippen LogP contribution in [0.4, 0.5) is 0 Å². The van der Waals surface area contributed by atoms with Crippen molar-refractivity contribution >= 4 is 0 Å². The summed E-state index contributed by atoms with van der Waals surface area (Å²) in [6.45, 7) is 8.14. The second kappa shape index (κ2) is 6.02. The lowest BCUT2D eigenvalue weighted by Gasteiger charge is -2.61. The maximum absolute atomic E-state index is 10.3. The molecule has 4 fully saturated rings. The third-order valence-electron chi connectivity index (χ3n) is 8.27. The Labute approximate surface area is 168 Å². The quantitative estimate of drug-likeness (QED) is 0.656. The van der Waals surface area contributed by atoms with Gasteiger partial charge in [0.1, 0.15) is 11.5 Å². The second-order valence-corrected chi connectivity index (χ2v) is 10.2. The predicted molar refractivity (Wildman–Crippen MR) is 113 cm³/mol. The number of rotatable bonds is 2. The van der Waals surface area contributed by atoms with Crippen molar-refractivity contribution in [3.63, 3.8) is 0 Å². The summed E-state index contributed by atoms with van der Waals surface area (Å²) in [6, 6.07) is 9.02. The molecule has 0 saturated heterocycles. The molecule has 0 amide bonds. The zero-order valence-corrected chi connectivity index (χ0v) is 17.5. The van der Waals surface area contributed by atoms with E-state index in [4.69, 9.17) is 0 Å². The van der Waals surface area contributed by atoms with Gasteiger partial charge in [0.2, 0.25) is 0 Å². The largest absolute Gasteiger partial charge is 0.507 e. The molecule has 2 heteroatoms. The zero-order chi connectivity index (χ0) is 19.8. The van der Waals surface area contributed by atoms with E-state index in [9.17, 15) is 10.2 Å². The minimum Gasteiger partial charge on any atom is -0.507 e. The van der Waals surface area contributed by atoms with E-state index in [2.05, 4.69) is 24.3 Å². The summed E-state index contributed by atoms with van der Waals surface area (Å²) >= 11 is 0. The Bertz CT molecular complexity index is 895. The van der Waals surface area contributed by atoms with Crippen molar-refractivity contribution in [1.82, 2.24) is 0 Å². The summed E-state index contributed by atoms with van der Waals surface area (Å²) in [6.07, 6.45) is 6.58. The highest BCUT2D eigenvalue weighted by Crippen LogP contribution is 2.65. The molecule has 2 aromatic carbocycles. The first kappa shape index (κ1) is 18.1. The van der Waals surface area contributed by atoms with Crippen molar-refractivity contribution in [2.45, 2.75) is 71.1 Å². The first-order chi connectivity index (χ1) is 13.3. The van der Waals surface area contributed by atoms with E-state index in [1.807, 2.05) is 27.7 Å². The summed E-state index contributed by atoms with van der Waals surface area (Å²) in [5, 5.41) is 20.5. The molecule has 0 heterocycles. The molecular formula is C26H32O2. The van der Waals surface area contributed by atoms with Crippen LogP contribution in [0.25, 0.3) is 0 Å². The first-order valence-electron chi connectivity index (χ1n) is 10.9. The molecule has 0 radical (unpaired) electrons. The highest BCUT2D eigenvalue weighted by molar-refractivity contribution is 5.47. The van der Waals surface area contributed by atoms with E-state index in [1.165, 1.54) is 43.2 Å². The van der Waals surface area contributed by atoms with Crippen molar-refractivity contribution in [3.8, 4) is 11.5 Å². The van der Waals surface area contributed by atoms with Gasteiger partial charge in [-0.25, -0.2) is 0 Å². The maximum Gasteiger partial charge on any atom is 0.121 e. The van der Waals surface area contributed by atoms with Crippen molar-refractivity contribution in [2.24, 2.45) is 17.8 Å².